The third-order valence-corrected chi connectivity index (χ3v) is 4.58. The number of thiocarbonyl (C=S) groups is 1. The average molecular weight is 420 g/mol. The summed E-state index contributed by atoms with van der Waals surface area (Å²) >= 11 is 4.85. The van der Waals surface area contributed by atoms with Crippen molar-refractivity contribution in [1.29, 1.82) is 0 Å². The minimum Gasteiger partial charge on any atom is -0.375 e. The highest BCUT2D eigenvalue weighted by atomic mass is 32.1. The van der Waals surface area contributed by atoms with Gasteiger partial charge in [0, 0.05) is 31.0 Å². The Morgan fingerprint density at radius 3 is 2.21 bits per heavy atom. The summed E-state index contributed by atoms with van der Waals surface area (Å²) in [4.78, 5) is 15.6. The first-order valence-corrected chi connectivity index (χ1v) is 10.6. The van der Waals surface area contributed by atoms with Crippen molar-refractivity contribution in [3.8, 4) is 0 Å². The maximum Gasteiger partial charge on any atom is 0.234 e. The van der Waals surface area contributed by atoms with E-state index in [4.69, 9.17) is 18.0 Å². The number of nitrogens with zero attached hydrogens (tertiary/aromatic N) is 2. The van der Waals surface area contributed by atoms with Crippen LogP contribution in [0, 0.1) is 31.6 Å². The molecule has 0 radical (unpaired) electrons. The lowest BCUT2D eigenvalue weighted by atomic mass is 10.00. The molecule has 162 valence electrons. The monoisotopic (exact) mass is 419 g/mol. The van der Waals surface area contributed by atoms with E-state index in [1.54, 1.807) is 0 Å². The Morgan fingerprint density at radius 2 is 1.72 bits per heavy atom. The number of aryl methyl sites for hydroxylation is 2. The van der Waals surface area contributed by atoms with Gasteiger partial charge in [0.1, 0.15) is 0 Å². The van der Waals surface area contributed by atoms with Crippen LogP contribution in [-0.4, -0.2) is 41.3 Å². The standard InChI is InChI=1S/C22H37N5OS/c1-14(2)11-27(12-15(3)4)13-19(18(7)25-26-22(23)29)21(28)24-20-9-8-16(5)10-17(20)6/h8-10,14-15,19H,11-13H2,1-7H3,(H,24,28)(H3,23,26,29)/b25-18-/t19-/m1/s1. The molecule has 4 N–H and O–H groups in total. The van der Waals surface area contributed by atoms with Crippen LogP contribution in [0.25, 0.3) is 0 Å². The van der Waals surface area contributed by atoms with E-state index in [1.165, 1.54) is 0 Å². The number of hydrazone groups is 1. The van der Waals surface area contributed by atoms with Crippen LogP contribution in [0.15, 0.2) is 23.3 Å². The van der Waals surface area contributed by atoms with Gasteiger partial charge in [-0.1, -0.05) is 45.4 Å². The van der Waals surface area contributed by atoms with E-state index >= 15 is 0 Å². The molecule has 0 bridgehead atoms. The van der Waals surface area contributed by atoms with Crippen LogP contribution in [0.2, 0.25) is 0 Å². The van der Waals surface area contributed by atoms with Gasteiger partial charge < -0.3 is 16.0 Å². The highest BCUT2D eigenvalue weighted by molar-refractivity contribution is 7.80. The molecule has 1 amide bonds. The molecular weight excluding hydrogens is 382 g/mol. The topological polar surface area (TPSA) is 82.8 Å². The maximum atomic E-state index is 13.2. The number of hydrogen-bond acceptors (Lipinski definition) is 4. The average Bonchev–Trinajstić information content (AvgIpc) is 2.58. The van der Waals surface area contributed by atoms with E-state index < -0.39 is 5.92 Å². The quantitative estimate of drug-likeness (QED) is 0.306. The molecule has 0 aliphatic carbocycles. The smallest absolute Gasteiger partial charge is 0.234 e. The van der Waals surface area contributed by atoms with Gasteiger partial charge in [-0.3, -0.25) is 10.2 Å². The molecule has 0 aliphatic rings. The van der Waals surface area contributed by atoms with E-state index in [9.17, 15) is 4.79 Å². The van der Waals surface area contributed by atoms with E-state index in [-0.39, 0.29) is 11.0 Å². The SMILES string of the molecule is C/C(=N/NC(N)=S)[C@@H](CN(CC(C)C)CC(C)C)C(=O)Nc1ccc(C)cc1C. The lowest BCUT2D eigenvalue weighted by Gasteiger charge is -2.30. The summed E-state index contributed by atoms with van der Waals surface area (Å²) in [5.41, 5.74) is 11.8. The van der Waals surface area contributed by atoms with E-state index in [1.807, 2.05) is 32.9 Å². The summed E-state index contributed by atoms with van der Waals surface area (Å²) in [5, 5.41) is 7.41. The molecule has 1 rings (SSSR count). The van der Waals surface area contributed by atoms with Crippen LogP contribution in [-0.2, 0) is 4.79 Å². The second-order valence-corrected chi connectivity index (χ2v) is 9.04. The number of nitrogens with one attached hydrogen (secondary N) is 2. The van der Waals surface area contributed by atoms with E-state index in [0.29, 0.717) is 24.1 Å². The number of rotatable bonds is 10. The summed E-state index contributed by atoms with van der Waals surface area (Å²) in [6.45, 7) is 17.0. The fourth-order valence-electron chi connectivity index (χ4n) is 3.31. The van der Waals surface area contributed by atoms with Crippen molar-refractivity contribution in [2.24, 2.45) is 28.6 Å². The Balaban J connectivity index is 3.11. The first kappa shape index (κ1) is 25.0. The predicted molar refractivity (Wildman–Crippen MR) is 127 cm³/mol. The van der Waals surface area contributed by atoms with Gasteiger partial charge in [0.05, 0.1) is 5.92 Å². The number of hydrogen-bond donors (Lipinski definition) is 3. The van der Waals surface area contributed by atoms with Gasteiger partial charge in [-0.15, -0.1) is 0 Å². The highest BCUT2D eigenvalue weighted by Crippen LogP contribution is 2.18. The van der Waals surface area contributed by atoms with Crippen LogP contribution in [0.4, 0.5) is 5.69 Å². The van der Waals surface area contributed by atoms with Gasteiger partial charge in [0.25, 0.3) is 0 Å². The number of amides is 1. The maximum absolute atomic E-state index is 13.2. The van der Waals surface area contributed by atoms with Crippen LogP contribution >= 0.6 is 12.2 Å². The third-order valence-electron chi connectivity index (χ3n) is 4.49. The number of anilines is 1. The Morgan fingerprint density at radius 1 is 1.14 bits per heavy atom. The normalized spacial score (nSPS) is 13.1. The van der Waals surface area contributed by atoms with Gasteiger partial charge in [0.2, 0.25) is 5.91 Å². The summed E-state index contributed by atoms with van der Waals surface area (Å²) in [6.07, 6.45) is 0. The summed E-state index contributed by atoms with van der Waals surface area (Å²) < 4.78 is 0. The van der Waals surface area contributed by atoms with Gasteiger partial charge in [-0.2, -0.15) is 5.10 Å². The molecular formula is C22H37N5OS. The fraction of sp³-hybridized carbons (Fsp3) is 0.591. The molecule has 0 saturated carbocycles. The van der Waals surface area contributed by atoms with Crippen LogP contribution in [0.3, 0.4) is 0 Å². The number of carbonyl (C=O) groups excluding carboxylic acids is 1. The van der Waals surface area contributed by atoms with Crippen molar-refractivity contribution >= 4 is 34.6 Å². The Hall–Kier alpha value is -1.99. The van der Waals surface area contributed by atoms with Gasteiger partial charge in [-0.05, 0) is 56.5 Å². The van der Waals surface area contributed by atoms with Crippen molar-refractivity contribution in [2.45, 2.75) is 48.5 Å². The second-order valence-electron chi connectivity index (χ2n) is 8.60. The van der Waals surface area contributed by atoms with Crippen molar-refractivity contribution in [3.05, 3.63) is 29.3 Å². The zero-order chi connectivity index (χ0) is 22.1. The van der Waals surface area contributed by atoms with E-state index in [2.05, 4.69) is 54.5 Å². The molecule has 0 aliphatic heterocycles. The van der Waals surface area contributed by atoms with Crippen molar-refractivity contribution in [1.82, 2.24) is 10.3 Å². The molecule has 1 atom stereocenters. The molecule has 0 saturated heterocycles. The number of nitrogens with two attached hydrogens (primary N) is 1. The zero-order valence-corrected chi connectivity index (χ0v) is 19.7. The highest BCUT2D eigenvalue weighted by Gasteiger charge is 2.26. The minimum absolute atomic E-state index is 0.0825. The first-order chi connectivity index (χ1) is 13.5. The minimum atomic E-state index is -0.421. The van der Waals surface area contributed by atoms with Gasteiger partial charge in [0.15, 0.2) is 5.11 Å². The zero-order valence-electron chi connectivity index (χ0n) is 18.9. The lowest BCUT2D eigenvalue weighted by molar-refractivity contribution is -0.118. The molecule has 0 fully saturated rings. The molecule has 0 heterocycles. The van der Waals surface area contributed by atoms with Crippen LogP contribution < -0.4 is 16.5 Å². The van der Waals surface area contributed by atoms with Crippen molar-refractivity contribution in [2.75, 3.05) is 25.0 Å². The third kappa shape index (κ3) is 9.37. The predicted octanol–water partition coefficient (Wildman–Crippen LogP) is 3.68. The fourth-order valence-corrected chi connectivity index (χ4v) is 3.36. The molecule has 6 nitrogen and oxygen atoms in total. The molecule has 29 heavy (non-hydrogen) atoms. The number of carbonyl (C=O) groups is 1. The molecule has 0 unspecified atom stereocenters. The van der Waals surface area contributed by atoms with Crippen LogP contribution in [0.1, 0.15) is 45.7 Å². The largest absolute Gasteiger partial charge is 0.375 e. The van der Waals surface area contributed by atoms with Gasteiger partial charge >= 0.3 is 0 Å². The number of benzene rings is 1. The summed E-state index contributed by atoms with van der Waals surface area (Å²) in [6, 6.07) is 6.00. The molecule has 1 aromatic carbocycles. The first-order valence-electron chi connectivity index (χ1n) is 10.2. The Bertz CT molecular complexity index is 720. The Labute approximate surface area is 181 Å². The Kier molecular flexibility index (Phi) is 10.3. The molecule has 0 aromatic heterocycles. The molecule has 7 heteroatoms. The molecule has 0 spiro atoms. The lowest BCUT2D eigenvalue weighted by Crippen LogP contribution is -2.43. The van der Waals surface area contributed by atoms with E-state index in [0.717, 1.165) is 29.9 Å². The van der Waals surface area contributed by atoms with Gasteiger partial charge in [-0.25, -0.2) is 0 Å². The summed E-state index contributed by atoms with van der Waals surface area (Å²) in [5.74, 6) is 0.503. The summed E-state index contributed by atoms with van der Waals surface area (Å²) in [7, 11) is 0. The molecule has 1 aromatic rings. The second kappa shape index (κ2) is 11.9. The van der Waals surface area contributed by atoms with Crippen molar-refractivity contribution < 1.29 is 4.79 Å². The van der Waals surface area contributed by atoms with Crippen LogP contribution in [0.5, 0.6) is 0 Å². The van der Waals surface area contributed by atoms with Crippen molar-refractivity contribution in [3.63, 3.8) is 0 Å².